The smallest absolute Gasteiger partial charge is 0.345 e. The van der Waals surface area contributed by atoms with Crippen molar-refractivity contribution >= 4 is 6.03 Å². The summed E-state index contributed by atoms with van der Waals surface area (Å²) in [6, 6.07) is -0.430. The Morgan fingerprint density at radius 1 is 0.759 bits per heavy atom. The number of nitrogens with two attached hydrogens (primary N) is 2. The first kappa shape index (κ1) is 52.8. The number of carbonyl (C=O) groups excluding carboxylic acids is 1. The summed E-state index contributed by atoms with van der Waals surface area (Å²) in [5.41, 5.74) is 2.02. The van der Waals surface area contributed by atoms with Crippen LogP contribution in [0.2, 0.25) is 0 Å². The van der Waals surface area contributed by atoms with Crippen LogP contribution in [0.1, 0.15) is 162 Å². The molecule has 0 saturated carbocycles. The third-order valence-corrected chi connectivity index (χ3v) is 10.0. The van der Waals surface area contributed by atoms with Crippen LogP contribution in [-0.2, 0) is 14.2 Å². The minimum atomic E-state index is -1.29. The van der Waals surface area contributed by atoms with Gasteiger partial charge < -0.3 is 39.7 Å². The molecule has 0 spiro atoms. The number of rotatable bonds is 35. The van der Waals surface area contributed by atoms with E-state index in [9.17, 15) is 25.2 Å². The highest BCUT2D eigenvalue weighted by Gasteiger charge is 2.26. The van der Waals surface area contributed by atoms with E-state index in [1.165, 1.54) is 123 Å². The maximum absolute atomic E-state index is 11.0. The summed E-state index contributed by atoms with van der Waals surface area (Å²) >= 11 is 0. The van der Waals surface area contributed by atoms with Crippen LogP contribution in [-0.4, -0.2) is 131 Å². The summed E-state index contributed by atoms with van der Waals surface area (Å²) in [5.74, 6) is 10.5. The number of morpholine rings is 1. The summed E-state index contributed by atoms with van der Waals surface area (Å²) in [6.45, 7) is 8.63. The Kier molecular flexibility index (Phi) is 37.9. The molecule has 5 unspecified atom stereocenters. The average Bonchev–Trinajstić information content (AvgIpc) is 3.18. The zero-order valence-electron chi connectivity index (χ0n) is 34.4. The number of nitrogens with one attached hydrogen (secondary N) is 1. The Labute approximate surface area is 328 Å². The molecule has 0 aromatic rings. The van der Waals surface area contributed by atoms with Crippen molar-refractivity contribution < 1.29 is 44.5 Å². The molecule has 14 nitrogen and oxygen atoms in total. The molecule has 0 aliphatic carbocycles. The van der Waals surface area contributed by atoms with Gasteiger partial charge in [-0.1, -0.05) is 129 Å². The van der Waals surface area contributed by atoms with Crippen LogP contribution in [0.15, 0.2) is 0 Å². The first-order valence-electron chi connectivity index (χ1n) is 21.6. The molecule has 0 aromatic carbocycles. The fourth-order valence-electron chi connectivity index (χ4n) is 6.36. The van der Waals surface area contributed by atoms with E-state index >= 15 is 0 Å². The number of nitrogens with zero attached hydrogens (tertiary/aromatic N) is 2. The molecule has 14 heteroatoms. The predicted octanol–water partition coefficient (Wildman–Crippen LogP) is 4.87. The Morgan fingerprint density at radius 2 is 1.26 bits per heavy atom. The van der Waals surface area contributed by atoms with E-state index in [-0.39, 0.29) is 6.61 Å². The normalized spacial score (nSPS) is 16.2. The fourth-order valence-corrected chi connectivity index (χ4v) is 6.36. The van der Waals surface area contributed by atoms with Crippen LogP contribution < -0.4 is 17.1 Å². The van der Waals surface area contributed by atoms with Crippen molar-refractivity contribution in [2.24, 2.45) is 11.7 Å². The highest BCUT2D eigenvalue weighted by molar-refractivity contribution is 5.72. The second kappa shape index (κ2) is 38.7. The van der Waals surface area contributed by atoms with Crippen LogP contribution in [0.3, 0.4) is 0 Å². The SMILES string of the molecule is CCCCCCCCCCCCCCCC(O)CCOC(OC(CO)C(C)O)C(O)CO.NNC(=O)N(N)CCCCCCCCCCN1CCOCC1. The molecule has 0 bridgehead atoms. The van der Waals surface area contributed by atoms with E-state index in [4.69, 9.17) is 31.0 Å². The van der Waals surface area contributed by atoms with Gasteiger partial charge in [-0.2, -0.15) is 0 Å². The number of hydrogen-bond acceptors (Lipinski definition) is 12. The number of amides is 2. The van der Waals surface area contributed by atoms with Gasteiger partial charge in [-0.05, 0) is 39.2 Å². The summed E-state index contributed by atoms with van der Waals surface area (Å²) in [4.78, 5) is 13.5. The molecule has 324 valence electrons. The Bertz CT molecular complexity index is 799. The Balaban J connectivity index is 0.00000111. The molecule has 0 radical (unpaired) electrons. The predicted molar refractivity (Wildman–Crippen MR) is 215 cm³/mol. The van der Waals surface area contributed by atoms with Gasteiger partial charge in [-0.3, -0.25) is 15.3 Å². The monoisotopic (exact) mass is 780 g/mol. The minimum Gasteiger partial charge on any atom is -0.394 e. The molecule has 1 rings (SSSR count). The van der Waals surface area contributed by atoms with Crippen molar-refractivity contribution in [3.05, 3.63) is 0 Å². The van der Waals surface area contributed by atoms with Gasteiger partial charge in [-0.15, -0.1) is 0 Å². The number of urea groups is 1. The number of carbonyl (C=O) groups is 1. The topological polar surface area (TPSA) is 216 Å². The van der Waals surface area contributed by atoms with E-state index in [1.54, 1.807) is 0 Å². The van der Waals surface area contributed by atoms with Gasteiger partial charge in [0.2, 0.25) is 0 Å². The van der Waals surface area contributed by atoms with Gasteiger partial charge >= 0.3 is 6.03 Å². The number of unbranched alkanes of at least 4 members (excludes halogenated alkanes) is 19. The van der Waals surface area contributed by atoms with E-state index in [0.29, 0.717) is 19.4 Å². The average molecular weight is 780 g/mol. The first-order chi connectivity index (χ1) is 26.2. The molecule has 1 heterocycles. The third kappa shape index (κ3) is 32.0. The van der Waals surface area contributed by atoms with Crippen LogP contribution in [0.4, 0.5) is 4.79 Å². The molecule has 1 aliphatic heterocycles. The maximum Gasteiger partial charge on any atom is 0.345 e. The minimum absolute atomic E-state index is 0.152. The van der Waals surface area contributed by atoms with Gasteiger partial charge in [0.25, 0.3) is 0 Å². The van der Waals surface area contributed by atoms with Gasteiger partial charge in [0.1, 0.15) is 12.2 Å². The molecule has 0 aromatic heterocycles. The van der Waals surface area contributed by atoms with E-state index in [0.717, 1.165) is 57.0 Å². The Morgan fingerprint density at radius 3 is 1.74 bits per heavy atom. The van der Waals surface area contributed by atoms with Crippen molar-refractivity contribution in [2.75, 3.05) is 59.2 Å². The van der Waals surface area contributed by atoms with E-state index in [2.05, 4.69) is 11.8 Å². The van der Waals surface area contributed by atoms with E-state index in [1.807, 2.05) is 5.43 Å². The van der Waals surface area contributed by atoms with Crippen LogP contribution >= 0.6 is 0 Å². The number of aliphatic hydroxyl groups is 5. The number of ether oxygens (including phenoxy) is 3. The molecular weight excluding hydrogens is 694 g/mol. The molecule has 5 atom stereocenters. The maximum atomic E-state index is 11.0. The quantitative estimate of drug-likeness (QED) is 0.0142. The summed E-state index contributed by atoms with van der Waals surface area (Å²) in [7, 11) is 0. The lowest BCUT2D eigenvalue weighted by atomic mass is 10.0. The second-order valence-electron chi connectivity index (χ2n) is 15.0. The third-order valence-electron chi connectivity index (χ3n) is 10.0. The summed E-state index contributed by atoms with van der Waals surface area (Å²) in [5, 5.41) is 49.0. The molecule has 1 saturated heterocycles. The molecular formula is C40H85N5O9. The van der Waals surface area contributed by atoms with Crippen LogP contribution in [0, 0.1) is 0 Å². The first-order valence-corrected chi connectivity index (χ1v) is 21.6. The lowest BCUT2D eigenvalue weighted by molar-refractivity contribution is -0.241. The molecule has 1 fully saturated rings. The second-order valence-corrected chi connectivity index (χ2v) is 15.0. The lowest BCUT2D eigenvalue weighted by Gasteiger charge is -2.28. The van der Waals surface area contributed by atoms with Crippen molar-refractivity contribution in [1.29, 1.82) is 0 Å². The van der Waals surface area contributed by atoms with Gasteiger partial charge in [-0.25, -0.2) is 16.5 Å². The number of hydrogen-bond donors (Lipinski definition) is 8. The van der Waals surface area contributed by atoms with Crippen molar-refractivity contribution in [3.63, 3.8) is 0 Å². The van der Waals surface area contributed by atoms with Crippen molar-refractivity contribution in [3.8, 4) is 0 Å². The zero-order valence-corrected chi connectivity index (χ0v) is 34.4. The standard InChI is InChI=1S/C25H52O7.C15H33N5O2/c1-3-4-5-6-7-8-9-10-11-12-13-14-15-16-22(29)17-18-31-25(23(30)19-26)32-24(20-27)21(2)28;16-18-15(21)20(17)10-8-6-4-2-1-3-5-7-9-19-11-13-22-14-12-19/h21-30H,3-20H2,1-2H3;1-14,16-17H2,(H,18,21). The van der Waals surface area contributed by atoms with Crippen LogP contribution in [0.25, 0.3) is 0 Å². The van der Waals surface area contributed by atoms with Gasteiger partial charge in [0.15, 0.2) is 6.29 Å². The van der Waals surface area contributed by atoms with E-state index < -0.39 is 50.0 Å². The van der Waals surface area contributed by atoms with Crippen molar-refractivity contribution in [1.82, 2.24) is 15.3 Å². The molecule has 1 aliphatic rings. The highest BCUT2D eigenvalue weighted by Crippen LogP contribution is 2.15. The molecule has 2 amide bonds. The molecule has 10 N–H and O–H groups in total. The summed E-state index contributed by atoms with van der Waals surface area (Å²) in [6.07, 6.45) is 22.9. The highest BCUT2D eigenvalue weighted by atomic mass is 16.7. The Hall–Kier alpha value is -1.17. The zero-order chi connectivity index (χ0) is 40.1. The number of aliphatic hydroxyl groups excluding tert-OH is 5. The van der Waals surface area contributed by atoms with Gasteiger partial charge in [0, 0.05) is 19.6 Å². The summed E-state index contributed by atoms with van der Waals surface area (Å²) < 4.78 is 16.2. The largest absolute Gasteiger partial charge is 0.394 e. The van der Waals surface area contributed by atoms with Gasteiger partial charge in [0.05, 0.1) is 45.2 Å². The lowest BCUT2D eigenvalue weighted by Crippen LogP contribution is -2.47. The number of hydrazine groups is 2. The molecule has 54 heavy (non-hydrogen) atoms. The van der Waals surface area contributed by atoms with Crippen LogP contribution in [0.5, 0.6) is 0 Å². The fraction of sp³-hybridized carbons (Fsp3) is 0.975. The van der Waals surface area contributed by atoms with Crippen molar-refractivity contribution in [2.45, 2.75) is 192 Å².